The van der Waals surface area contributed by atoms with Gasteiger partial charge in [-0.05, 0) is 30.3 Å². The average Bonchev–Trinajstić information content (AvgIpc) is 2.61. The molecule has 0 bridgehead atoms. The fourth-order valence-electron chi connectivity index (χ4n) is 1.83. The minimum atomic E-state index is -0.698. The number of hydrogen-bond donors (Lipinski definition) is 3. The number of para-hydroxylation sites is 1. The number of hydroxylamine groups is 1. The molecule has 0 aliphatic heterocycles. The first-order valence-corrected chi connectivity index (χ1v) is 6.64. The van der Waals surface area contributed by atoms with Gasteiger partial charge >= 0.3 is 0 Å². The number of benzene rings is 2. The molecule has 9 heteroatoms. The molecule has 24 heavy (non-hydrogen) atoms. The van der Waals surface area contributed by atoms with Crippen LogP contribution in [0.25, 0.3) is 0 Å². The number of nitro benzene ring substituents is 1. The van der Waals surface area contributed by atoms with E-state index in [0.29, 0.717) is 0 Å². The van der Waals surface area contributed by atoms with E-state index in [9.17, 15) is 19.7 Å². The Balaban J connectivity index is 2.05. The van der Waals surface area contributed by atoms with Crippen LogP contribution >= 0.6 is 0 Å². The summed E-state index contributed by atoms with van der Waals surface area (Å²) in [6, 6.07) is 11.4. The summed E-state index contributed by atoms with van der Waals surface area (Å²) in [5.74, 6) is -1.25. The van der Waals surface area contributed by atoms with E-state index in [4.69, 9.17) is 5.21 Å². The Kier molecular flexibility index (Phi) is 5.32. The Morgan fingerprint density at radius 2 is 1.62 bits per heavy atom. The molecule has 0 aliphatic rings. The van der Waals surface area contributed by atoms with Crippen molar-refractivity contribution in [2.45, 2.75) is 0 Å². The summed E-state index contributed by atoms with van der Waals surface area (Å²) in [7, 11) is 0. The fourth-order valence-corrected chi connectivity index (χ4v) is 1.83. The molecule has 2 rings (SSSR count). The molecule has 9 nitrogen and oxygen atoms in total. The Morgan fingerprint density at radius 3 is 2.21 bits per heavy atom. The molecule has 0 unspecified atom stereocenters. The second kappa shape index (κ2) is 7.61. The summed E-state index contributed by atoms with van der Waals surface area (Å²) in [5.41, 5.74) is 4.24. The number of hydrazone groups is 1. The fraction of sp³-hybridized carbons (Fsp3) is 0. The highest BCUT2D eigenvalue weighted by Crippen LogP contribution is 2.15. The minimum Gasteiger partial charge on any atom is -0.288 e. The van der Waals surface area contributed by atoms with E-state index < -0.39 is 16.7 Å². The number of nitrogens with zero attached hydrogens (tertiary/aromatic N) is 2. The first-order chi connectivity index (χ1) is 11.5. The number of nitrogens with one attached hydrogen (secondary N) is 2. The average molecular weight is 328 g/mol. The highest BCUT2D eigenvalue weighted by atomic mass is 16.6. The lowest BCUT2D eigenvalue weighted by Crippen LogP contribution is -2.20. The molecule has 2 amide bonds. The molecular weight excluding hydrogens is 316 g/mol. The highest BCUT2D eigenvalue weighted by Gasteiger charge is 2.11. The monoisotopic (exact) mass is 328 g/mol. The van der Waals surface area contributed by atoms with Gasteiger partial charge in [0, 0.05) is 17.2 Å². The largest absolute Gasteiger partial charge is 0.288 e. The van der Waals surface area contributed by atoms with Crippen molar-refractivity contribution >= 4 is 23.7 Å². The Hall–Kier alpha value is -3.59. The molecule has 0 fully saturated rings. The van der Waals surface area contributed by atoms with E-state index in [0.717, 1.165) is 0 Å². The molecule has 2 aromatic rings. The molecule has 0 aliphatic carbocycles. The van der Waals surface area contributed by atoms with Crippen LogP contribution in [0, 0.1) is 10.1 Å². The van der Waals surface area contributed by atoms with E-state index in [1.807, 2.05) is 0 Å². The van der Waals surface area contributed by atoms with Crippen LogP contribution in [-0.4, -0.2) is 28.2 Å². The number of hydrogen-bond acceptors (Lipinski definition) is 6. The van der Waals surface area contributed by atoms with Gasteiger partial charge in [0.2, 0.25) is 0 Å². The second-order valence-electron chi connectivity index (χ2n) is 4.53. The van der Waals surface area contributed by atoms with E-state index >= 15 is 0 Å². The summed E-state index contributed by atoms with van der Waals surface area (Å²) in [5, 5.41) is 23.1. The van der Waals surface area contributed by atoms with Crippen LogP contribution in [0.15, 0.2) is 53.6 Å². The third kappa shape index (κ3) is 3.99. The maximum absolute atomic E-state index is 11.9. The van der Waals surface area contributed by atoms with Crippen LogP contribution in [0.4, 0.5) is 5.69 Å². The van der Waals surface area contributed by atoms with Gasteiger partial charge in [0.25, 0.3) is 17.5 Å². The van der Waals surface area contributed by atoms with Gasteiger partial charge < -0.3 is 0 Å². The van der Waals surface area contributed by atoms with Crippen molar-refractivity contribution < 1.29 is 19.7 Å². The molecule has 2 aromatic carbocycles. The minimum absolute atomic E-state index is 0.130. The lowest BCUT2D eigenvalue weighted by Gasteiger charge is -2.02. The molecule has 0 radical (unpaired) electrons. The van der Waals surface area contributed by atoms with Gasteiger partial charge in [-0.15, -0.1) is 0 Å². The molecule has 0 atom stereocenters. The first-order valence-electron chi connectivity index (χ1n) is 6.64. The van der Waals surface area contributed by atoms with Crippen molar-refractivity contribution in [3.8, 4) is 0 Å². The van der Waals surface area contributed by atoms with E-state index in [1.54, 1.807) is 6.07 Å². The van der Waals surface area contributed by atoms with Gasteiger partial charge in [-0.2, -0.15) is 5.10 Å². The maximum Gasteiger partial charge on any atom is 0.278 e. The lowest BCUT2D eigenvalue weighted by molar-refractivity contribution is -0.385. The summed E-state index contributed by atoms with van der Waals surface area (Å²) in [6.07, 6.45) is 1.17. The van der Waals surface area contributed by atoms with Crippen molar-refractivity contribution in [1.29, 1.82) is 0 Å². The predicted octanol–water partition coefficient (Wildman–Crippen LogP) is 1.48. The lowest BCUT2D eigenvalue weighted by atomic mass is 10.1. The molecule has 0 saturated carbocycles. The van der Waals surface area contributed by atoms with Gasteiger partial charge in [0.1, 0.15) is 0 Å². The van der Waals surface area contributed by atoms with E-state index in [2.05, 4.69) is 10.5 Å². The zero-order chi connectivity index (χ0) is 17.5. The van der Waals surface area contributed by atoms with Crippen LogP contribution in [0.2, 0.25) is 0 Å². The van der Waals surface area contributed by atoms with E-state index in [1.165, 1.54) is 54.2 Å². The summed E-state index contributed by atoms with van der Waals surface area (Å²) in [6.45, 7) is 0. The van der Waals surface area contributed by atoms with Crippen LogP contribution in [-0.2, 0) is 0 Å². The first kappa shape index (κ1) is 16.8. The third-order valence-corrected chi connectivity index (χ3v) is 3.01. The third-order valence-electron chi connectivity index (χ3n) is 3.01. The molecule has 0 heterocycles. The molecule has 122 valence electrons. The molecular formula is C15H12N4O5. The Morgan fingerprint density at radius 1 is 1.04 bits per heavy atom. The van der Waals surface area contributed by atoms with Crippen LogP contribution in [0.1, 0.15) is 26.3 Å². The van der Waals surface area contributed by atoms with Crippen molar-refractivity contribution in [3.63, 3.8) is 0 Å². The van der Waals surface area contributed by atoms with Crippen molar-refractivity contribution in [2.24, 2.45) is 5.10 Å². The van der Waals surface area contributed by atoms with Crippen LogP contribution in [0.5, 0.6) is 0 Å². The molecule has 0 saturated heterocycles. The molecule has 0 spiro atoms. The Bertz CT molecular complexity index is 802. The van der Waals surface area contributed by atoms with Crippen LogP contribution < -0.4 is 10.9 Å². The normalized spacial score (nSPS) is 10.4. The van der Waals surface area contributed by atoms with Gasteiger partial charge in [-0.1, -0.05) is 12.1 Å². The van der Waals surface area contributed by atoms with Gasteiger partial charge in [-0.3, -0.25) is 24.9 Å². The summed E-state index contributed by atoms with van der Waals surface area (Å²) < 4.78 is 0. The van der Waals surface area contributed by atoms with Crippen LogP contribution in [0.3, 0.4) is 0 Å². The zero-order valence-corrected chi connectivity index (χ0v) is 12.2. The maximum atomic E-state index is 11.9. The quantitative estimate of drug-likeness (QED) is 0.331. The van der Waals surface area contributed by atoms with Gasteiger partial charge in [0.15, 0.2) is 0 Å². The molecule has 3 N–H and O–H groups in total. The van der Waals surface area contributed by atoms with Gasteiger partial charge in [-0.25, -0.2) is 10.9 Å². The van der Waals surface area contributed by atoms with Crippen molar-refractivity contribution in [2.75, 3.05) is 0 Å². The Labute approximate surface area is 135 Å². The summed E-state index contributed by atoms with van der Waals surface area (Å²) in [4.78, 5) is 33.4. The number of carbonyl (C=O) groups is 2. The molecule has 0 aromatic heterocycles. The van der Waals surface area contributed by atoms with Gasteiger partial charge in [0.05, 0.1) is 16.7 Å². The zero-order valence-electron chi connectivity index (χ0n) is 12.2. The second-order valence-corrected chi connectivity index (χ2v) is 4.53. The number of amides is 2. The number of carbonyl (C=O) groups excluding carboxylic acids is 2. The smallest absolute Gasteiger partial charge is 0.278 e. The van der Waals surface area contributed by atoms with Crippen molar-refractivity contribution in [3.05, 3.63) is 75.3 Å². The van der Waals surface area contributed by atoms with E-state index in [-0.39, 0.29) is 22.4 Å². The number of rotatable bonds is 5. The number of nitro groups is 1. The predicted molar refractivity (Wildman–Crippen MR) is 83.9 cm³/mol. The standard InChI is InChI=1S/C15H12N4O5/c20-14(10-5-7-11(8-6-10)15(21)18-22)17-16-9-12-3-1-2-4-13(12)19(23)24/h1-9,22H,(H,17,20)(H,18,21)/b16-9+. The highest BCUT2D eigenvalue weighted by molar-refractivity contribution is 5.97. The SMILES string of the molecule is O=C(NO)c1ccc(C(=O)N/N=C/c2ccccc2[N+](=O)[O-])cc1. The topological polar surface area (TPSA) is 134 Å². The summed E-state index contributed by atoms with van der Waals surface area (Å²) >= 11 is 0. The van der Waals surface area contributed by atoms with Crippen molar-refractivity contribution in [1.82, 2.24) is 10.9 Å².